The van der Waals surface area contributed by atoms with Gasteiger partial charge in [-0.05, 0) is 62.4 Å². The summed E-state index contributed by atoms with van der Waals surface area (Å²) >= 11 is 11.8. The number of nitrogens with zero attached hydrogens (tertiary/aromatic N) is 4. The molecule has 2 fully saturated rings. The molecule has 2 saturated heterocycles. The van der Waals surface area contributed by atoms with Gasteiger partial charge < -0.3 is 44.4 Å². The number of anilines is 5. The minimum atomic E-state index is -3.56. The third kappa shape index (κ3) is 11.9. The molecule has 0 bridgehead atoms. The zero-order chi connectivity index (χ0) is 44.5. The number of hydrogen-bond donors (Lipinski definition) is 3. The number of hydrogen-bond acceptors (Lipinski definition) is 15. The first kappa shape index (κ1) is 45.8. The Morgan fingerprint density at radius 1 is 0.762 bits per heavy atom. The van der Waals surface area contributed by atoms with Gasteiger partial charge in [-0.15, -0.1) is 0 Å². The van der Waals surface area contributed by atoms with Crippen LogP contribution in [0.2, 0.25) is 10.0 Å². The Morgan fingerprint density at radius 2 is 1.27 bits per heavy atom. The number of aromatic nitrogens is 4. The Kier molecular flexibility index (Phi) is 15.2. The minimum Gasteiger partial charge on any atom is -0.488 e. The van der Waals surface area contributed by atoms with Crippen LogP contribution in [0, 0.1) is 11.6 Å². The predicted molar refractivity (Wildman–Crippen MR) is 237 cm³/mol. The Morgan fingerprint density at radius 3 is 1.76 bits per heavy atom. The van der Waals surface area contributed by atoms with Crippen molar-refractivity contribution in [2.45, 2.75) is 45.3 Å². The number of ketones is 1. The van der Waals surface area contributed by atoms with E-state index in [1.54, 1.807) is 44.2 Å². The molecule has 1 unspecified atom stereocenters. The molecule has 4 heterocycles. The summed E-state index contributed by atoms with van der Waals surface area (Å²) in [6.45, 7) is 5.99. The van der Waals surface area contributed by atoms with Gasteiger partial charge in [0, 0.05) is 59.1 Å². The summed E-state index contributed by atoms with van der Waals surface area (Å²) in [4.78, 5) is 30.3. The lowest BCUT2D eigenvalue weighted by atomic mass is 10.0. The standard InChI is InChI=1S/C25H28ClFN3O6P.C18H16ClFN4O2/c1-3-34-37(32,35-4-2)14-18(31)9-16-10-20-23(12-24(16)36-19-7-8-33-13-19)28-15-29-25(20)30-17-5-6-22(27)21(26)11-17;19-13-5-10(1-2-14(13)20)24-18-12-6-15(21)17(7-16(12)22-9-23-18)26-11-3-4-25-8-11/h5-6,10-12,15,19H,3-4,7-9,13-14H2,1-2H3,(H,28,29,30);1-2,5-7,9,11H,3-4,8,21H2,(H,22,23,24)/t;11-/m.0/s1. The second-order valence-corrected chi connectivity index (χ2v) is 17.2. The van der Waals surface area contributed by atoms with Crippen molar-refractivity contribution in [1.82, 2.24) is 19.9 Å². The molecule has 0 spiro atoms. The molecule has 2 atom stereocenters. The van der Waals surface area contributed by atoms with Crippen LogP contribution < -0.4 is 25.8 Å². The molecule has 2 aromatic heterocycles. The van der Waals surface area contributed by atoms with Gasteiger partial charge in [-0.1, -0.05) is 23.2 Å². The van der Waals surface area contributed by atoms with Crippen LogP contribution in [-0.2, 0) is 34.3 Å². The number of Topliss-reactive ketones (excluding diaryl/α,β-unsaturated/α-hetero) is 1. The van der Waals surface area contributed by atoms with E-state index in [1.165, 1.54) is 43.0 Å². The third-order valence-electron chi connectivity index (χ3n) is 9.72. The molecule has 0 saturated carbocycles. The van der Waals surface area contributed by atoms with E-state index in [0.717, 1.165) is 18.2 Å². The molecule has 20 heteroatoms. The van der Waals surface area contributed by atoms with Crippen molar-refractivity contribution in [1.29, 1.82) is 0 Å². The average Bonchev–Trinajstić information content (AvgIpc) is 3.97. The predicted octanol–water partition coefficient (Wildman–Crippen LogP) is 9.63. The molecule has 2 aliphatic rings. The maximum atomic E-state index is 13.6. The lowest BCUT2D eigenvalue weighted by Gasteiger charge is -2.19. The molecule has 2 aliphatic heterocycles. The van der Waals surface area contributed by atoms with E-state index in [4.69, 9.17) is 56.9 Å². The highest BCUT2D eigenvalue weighted by atomic mass is 35.5. The van der Waals surface area contributed by atoms with Crippen molar-refractivity contribution >= 4 is 87.1 Å². The molecule has 4 N–H and O–H groups in total. The van der Waals surface area contributed by atoms with Crippen molar-refractivity contribution in [2.24, 2.45) is 0 Å². The monoisotopic (exact) mass is 925 g/mol. The summed E-state index contributed by atoms with van der Waals surface area (Å²) in [5.41, 5.74) is 9.60. The van der Waals surface area contributed by atoms with Crippen LogP contribution in [0.25, 0.3) is 21.8 Å². The van der Waals surface area contributed by atoms with Gasteiger partial charge in [0.1, 0.15) is 71.6 Å². The number of fused-ring (bicyclic) bond motifs is 2. The number of ether oxygens (including phenoxy) is 4. The van der Waals surface area contributed by atoms with Crippen LogP contribution in [0.15, 0.2) is 73.3 Å². The van der Waals surface area contributed by atoms with E-state index >= 15 is 0 Å². The summed E-state index contributed by atoms with van der Waals surface area (Å²) in [5.74, 6) is 0.692. The van der Waals surface area contributed by atoms with E-state index in [0.29, 0.717) is 88.6 Å². The van der Waals surface area contributed by atoms with Gasteiger partial charge in [-0.25, -0.2) is 28.7 Å². The number of nitrogen functional groups attached to an aromatic ring is 1. The summed E-state index contributed by atoms with van der Waals surface area (Å²) in [6.07, 6.45) is 3.79. The zero-order valence-corrected chi connectivity index (χ0v) is 36.7. The fourth-order valence-electron chi connectivity index (χ4n) is 6.78. The number of benzene rings is 4. The Labute approximate surface area is 371 Å². The van der Waals surface area contributed by atoms with Crippen molar-refractivity contribution in [3.63, 3.8) is 0 Å². The molecule has 0 radical (unpaired) electrons. The van der Waals surface area contributed by atoms with Crippen LogP contribution >= 0.6 is 30.8 Å². The van der Waals surface area contributed by atoms with Crippen molar-refractivity contribution in [2.75, 3.05) is 62.2 Å². The fourth-order valence-corrected chi connectivity index (χ4v) is 8.73. The van der Waals surface area contributed by atoms with E-state index in [2.05, 4.69) is 30.6 Å². The van der Waals surface area contributed by atoms with Gasteiger partial charge in [0.2, 0.25) is 0 Å². The number of halogens is 4. The summed E-state index contributed by atoms with van der Waals surface area (Å²) in [6, 6.07) is 15.6. The molecule has 63 heavy (non-hydrogen) atoms. The second kappa shape index (κ2) is 20.9. The second-order valence-electron chi connectivity index (χ2n) is 14.4. The normalized spacial score (nSPS) is 16.2. The van der Waals surface area contributed by atoms with E-state index in [9.17, 15) is 18.1 Å². The maximum absolute atomic E-state index is 13.6. The van der Waals surface area contributed by atoms with E-state index < -0.39 is 19.2 Å². The first-order valence-corrected chi connectivity index (χ1v) is 22.5. The van der Waals surface area contributed by atoms with Gasteiger partial charge in [0.25, 0.3) is 0 Å². The zero-order valence-electron chi connectivity index (χ0n) is 34.2. The SMILES string of the molecule is CCOP(=O)(CC(=O)Cc1cc2c(Nc3ccc(F)c(Cl)c3)ncnc2cc1OC1CCOC1)OCC.Nc1cc2c(Nc3ccc(F)c(Cl)c3)ncnc2cc1O[C@H]1CCOC1. The summed E-state index contributed by atoms with van der Waals surface area (Å²) in [5, 5.41) is 7.58. The Hall–Kier alpha value is -5.26. The largest absolute Gasteiger partial charge is 0.488 e. The molecule has 6 aromatic rings. The molecule has 8 rings (SSSR count). The van der Waals surface area contributed by atoms with Crippen LogP contribution in [0.1, 0.15) is 32.3 Å². The quantitative estimate of drug-likeness (QED) is 0.0614. The van der Waals surface area contributed by atoms with Gasteiger partial charge in [0.05, 0.1) is 66.4 Å². The molecule has 15 nitrogen and oxygen atoms in total. The first-order valence-electron chi connectivity index (χ1n) is 20.0. The van der Waals surface area contributed by atoms with Crippen LogP contribution in [0.3, 0.4) is 0 Å². The molecular formula is C43H44Cl2F2N7O8P. The van der Waals surface area contributed by atoms with Gasteiger partial charge in [0.15, 0.2) is 0 Å². The third-order valence-corrected chi connectivity index (χ3v) is 12.3. The lowest BCUT2D eigenvalue weighted by molar-refractivity contribution is -0.116. The highest BCUT2D eigenvalue weighted by molar-refractivity contribution is 7.54. The topological polar surface area (TPSA) is 191 Å². The minimum absolute atomic E-state index is 0.00413. The number of carbonyl (C=O) groups is 1. The molecular weight excluding hydrogens is 882 g/mol. The molecule has 0 amide bonds. The molecule has 332 valence electrons. The number of nitrogens with two attached hydrogens (primary N) is 1. The number of nitrogens with one attached hydrogen (secondary N) is 2. The van der Waals surface area contributed by atoms with Crippen molar-refractivity contribution in [3.8, 4) is 11.5 Å². The van der Waals surface area contributed by atoms with Crippen LogP contribution in [0.5, 0.6) is 11.5 Å². The highest BCUT2D eigenvalue weighted by Crippen LogP contribution is 2.48. The van der Waals surface area contributed by atoms with Crippen molar-refractivity contribution < 1.29 is 46.1 Å². The van der Waals surface area contributed by atoms with Gasteiger partial charge in [-0.2, -0.15) is 0 Å². The lowest BCUT2D eigenvalue weighted by Crippen LogP contribution is -2.18. The van der Waals surface area contributed by atoms with Gasteiger partial charge in [-0.3, -0.25) is 9.36 Å². The van der Waals surface area contributed by atoms with Crippen LogP contribution in [0.4, 0.5) is 37.5 Å². The summed E-state index contributed by atoms with van der Waals surface area (Å²) < 4.78 is 73.3. The fraction of sp³-hybridized carbons (Fsp3) is 0.326. The number of rotatable bonds is 16. The average molecular weight is 927 g/mol. The first-order chi connectivity index (χ1) is 30.4. The van der Waals surface area contributed by atoms with Gasteiger partial charge >= 0.3 is 7.60 Å². The smallest absolute Gasteiger partial charge is 0.338 e. The van der Waals surface area contributed by atoms with Crippen molar-refractivity contribution in [3.05, 3.63) is 101 Å². The van der Waals surface area contributed by atoms with Crippen LogP contribution in [-0.4, -0.2) is 83.7 Å². The van der Waals surface area contributed by atoms with E-state index in [-0.39, 0.29) is 53.8 Å². The molecule has 4 aromatic carbocycles. The van der Waals surface area contributed by atoms with E-state index in [1.807, 2.05) is 0 Å². The Bertz CT molecular complexity index is 2630. The Balaban J connectivity index is 0.000000200. The number of carbonyl (C=O) groups excluding carboxylic acids is 1. The summed E-state index contributed by atoms with van der Waals surface area (Å²) in [7, 11) is -3.56. The highest BCUT2D eigenvalue weighted by Gasteiger charge is 2.29. The maximum Gasteiger partial charge on any atom is 0.338 e. The molecule has 0 aliphatic carbocycles.